The highest BCUT2D eigenvalue weighted by Gasteiger charge is 2.13. The molecule has 0 atom stereocenters. The Labute approximate surface area is 132 Å². The highest BCUT2D eigenvalue weighted by molar-refractivity contribution is 9.10. The molecule has 0 radical (unpaired) electrons. The van der Waals surface area contributed by atoms with Gasteiger partial charge in [-0.2, -0.15) is 5.10 Å². The van der Waals surface area contributed by atoms with Gasteiger partial charge in [0.15, 0.2) is 0 Å². The summed E-state index contributed by atoms with van der Waals surface area (Å²) in [5, 5.41) is 11.9. The maximum absolute atomic E-state index is 7.50. The van der Waals surface area contributed by atoms with Crippen LogP contribution in [0.4, 0.5) is 0 Å². The summed E-state index contributed by atoms with van der Waals surface area (Å²) in [7, 11) is 1.90. The molecule has 0 saturated heterocycles. The predicted molar refractivity (Wildman–Crippen MR) is 86.8 cm³/mol. The van der Waals surface area contributed by atoms with Gasteiger partial charge in [-0.3, -0.25) is 10.1 Å². The predicted octanol–water partition coefficient (Wildman–Crippen LogP) is 2.92. The molecule has 2 rings (SSSR count). The number of ether oxygens (including phenoxy) is 1. The minimum atomic E-state index is 0.0369. The van der Waals surface area contributed by atoms with Gasteiger partial charge in [0.05, 0.1) is 15.9 Å². The Morgan fingerprint density at radius 3 is 2.76 bits per heavy atom. The highest BCUT2D eigenvalue weighted by atomic mass is 79.9. The van der Waals surface area contributed by atoms with E-state index >= 15 is 0 Å². The Morgan fingerprint density at radius 2 is 2.19 bits per heavy atom. The van der Waals surface area contributed by atoms with E-state index in [1.54, 1.807) is 6.07 Å². The van der Waals surface area contributed by atoms with Crippen molar-refractivity contribution in [2.24, 2.45) is 12.8 Å². The molecule has 0 amide bonds. The number of aryl methyl sites for hydroxylation is 3. The average molecular weight is 351 g/mol. The van der Waals surface area contributed by atoms with Gasteiger partial charge in [-0.1, -0.05) is 19.1 Å². The molecule has 21 heavy (non-hydrogen) atoms. The molecule has 1 heterocycles. The maximum atomic E-state index is 7.50. The Morgan fingerprint density at radius 1 is 1.48 bits per heavy atom. The van der Waals surface area contributed by atoms with Crippen molar-refractivity contribution in [2.75, 3.05) is 0 Å². The Hall–Kier alpha value is -1.82. The third-order valence-corrected chi connectivity index (χ3v) is 4.28. The van der Waals surface area contributed by atoms with Crippen LogP contribution in [0.1, 0.15) is 29.4 Å². The number of rotatable bonds is 5. The topological polar surface area (TPSA) is 76.9 Å². The van der Waals surface area contributed by atoms with E-state index < -0.39 is 0 Å². The Balaban J connectivity index is 2.22. The van der Waals surface area contributed by atoms with Crippen molar-refractivity contribution in [1.29, 1.82) is 5.41 Å². The molecular weight excluding hydrogens is 332 g/mol. The van der Waals surface area contributed by atoms with Gasteiger partial charge in [-0.25, -0.2) is 0 Å². The van der Waals surface area contributed by atoms with Gasteiger partial charge in [-0.15, -0.1) is 0 Å². The van der Waals surface area contributed by atoms with E-state index in [0.29, 0.717) is 12.2 Å². The van der Waals surface area contributed by atoms with Crippen LogP contribution in [0.25, 0.3) is 0 Å². The molecule has 5 nitrogen and oxygen atoms in total. The molecule has 0 aliphatic heterocycles. The van der Waals surface area contributed by atoms with Crippen molar-refractivity contribution >= 4 is 21.8 Å². The monoisotopic (exact) mass is 350 g/mol. The van der Waals surface area contributed by atoms with E-state index in [0.717, 1.165) is 33.6 Å². The van der Waals surface area contributed by atoms with Crippen LogP contribution in [-0.4, -0.2) is 15.6 Å². The average Bonchev–Trinajstić information content (AvgIpc) is 2.72. The van der Waals surface area contributed by atoms with Gasteiger partial charge in [0.1, 0.15) is 18.2 Å². The fraction of sp³-hybridized carbons (Fsp3) is 0.333. The number of nitrogens with two attached hydrogens (primary N) is 1. The lowest BCUT2D eigenvalue weighted by Gasteiger charge is -2.11. The lowest BCUT2D eigenvalue weighted by atomic mass is 10.1. The van der Waals surface area contributed by atoms with Crippen molar-refractivity contribution in [3.63, 3.8) is 0 Å². The van der Waals surface area contributed by atoms with Gasteiger partial charge in [0, 0.05) is 12.6 Å². The van der Waals surface area contributed by atoms with Crippen LogP contribution in [0.2, 0.25) is 0 Å². The van der Waals surface area contributed by atoms with Crippen LogP contribution in [0.5, 0.6) is 5.75 Å². The molecule has 0 aliphatic carbocycles. The zero-order valence-corrected chi connectivity index (χ0v) is 14.0. The standard InChI is InChI=1S/C15H19BrN4O/c1-4-11-14(16)12(20(3)19-11)8-21-13-7-10(15(17)18)6-5-9(13)2/h5-7H,4,8H2,1-3H3,(H3,17,18). The summed E-state index contributed by atoms with van der Waals surface area (Å²) < 4.78 is 8.71. The molecule has 112 valence electrons. The molecule has 0 saturated carbocycles. The summed E-state index contributed by atoms with van der Waals surface area (Å²) in [4.78, 5) is 0. The molecule has 0 bridgehead atoms. The van der Waals surface area contributed by atoms with Crippen LogP contribution >= 0.6 is 15.9 Å². The van der Waals surface area contributed by atoms with Crippen molar-refractivity contribution in [3.05, 3.63) is 45.2 Å². The molecule has 0 fully saturated rings. The van der Waals surface area contributed by atoms with Crippen molar-refractivity contribution in [3.8, 4) is 5.75 Å². The second-order valence-electron chi connectivity index (χ2n) is 4.87. The molecule has 0 spiro atoms. The Bertz CT molecular complexity index is 679. The number of hydrogen-bond acceptors (Lipinski definition) is 3. The molecule has 6 heteroatoms. The van der Waals surface area contributed by atoms with Crippen LogP contribution < -0.4 is 10.5 Å². The summed E-state index contributed by atoms with van der Waals surface area (Å²) in [6.45, 7) is 4.44. The Kier molecular flexibility index (Phi) is 4.67. The first-order valence-electron chi connectivity index (χ1n) is 6.72. The third kappa shape index (κ3) is 3.26. The minimum Gasteiger partial charge on any atom is -0.487 e. The van der Waals surface area contributed by atoms with Crippen molar-refractivity contribution < 1.29 is 4.74 Å². The van der Waals surface area contributed by atoms with Crippen molar-refractivity contribution in [1.82, 2.24) is 9.78 Å². The van der Waals surface area contributed by atoms with Crippen LogP contribution in [-0.2, 0) is 20.1 Å². The zero-order valence-electron chi connectivity index (χ0n) is 12.4. The first kappa shape index (κ1) is 15.6. The molecule has 3 N–H and O–H groups in total. The molecular formula is C15H19BrN4O. The van der Waals surface area contributed by atoms with E-state index in [1.165, 1.54) is 0 Å². The highest BCUT2D eigenvalue weighted by Crippen LogP contribution is 2.25. The number of nitrogens with zero attached hydrogens (tertiary/aromatic N) is 2. The van der Waals surface area contributed by atoms with Gasteiger partial charge in [0.25, 0.3) is 0 Å². The minimum absolute atomic E-state index is 0.0369. The number of benzene rings is 1. The summed E-state index contributed by atoms with van der Waals surface area (Å²) in [6.07, 6.45) is 0.868. The van der Waals surface area contributed by atoms with Gasteiger partial charge in [-0.05, 0) is 40.9 Å². The van der Waals surface area contributed by atoms with Gasteiger partial charge >= 0.3 is 0 Å². The largest absolute Gasteiger partial charge is 0.487 e. The number of aromatic nitrogens is 2. The van der Waals surface area contributed by atoms with Gasteiger partial charge < -0.3 is 10.5 Å². The number of nitrogens with one attached hydrogen (secondary N) is 1. The quantitative estimate of drug-likeness (QED) is 0.642. The fourth-order valence-corrected chi connectivity index (χ4v) is 2.78. The first-order valence-corrected chi connectivity index (χ1v) is 7.51. The van der Waals surface area contributed by atoms with Crippen LogP contribution in [0.3, 0.4) is 0 Å². The fourth-order valence-electron chi connectivity index (χ4n) is 2.05. The van der Waals surface area contributed by atoms with Crippen LogP contribution in [0.15, 0.2) is 22.7 Å². The summed E-state index contributed by atoms with van der Waals surface area (Å²) >= 11 is 3.57. The molecule has 0 aliphatic rings. The second kappa shape index (κ2) is 6.30. The number of nitrogen functional groups attached to an aromatic ring is 1. The molecule has 2 aromatic rings. The molecule has 1 aromatic carbocycles. The van der Waals surface area contributed by atoms with Crippen LogP contribution in [0, 0.1) is 12.3 Å². The van der Waals surface area contributed by atoms with E-state index in [2.05, 4.69) is 28.0 Å². The molecule has 0 unspecified atom stereocenters. The maximum Gasteiger partial charge on any atom is 0.131 e. The smallest absolute Gasteiger partial charge is 0.131 e. The normalized spacial score (nSPS) is 10.7. The van der Waals surface area contributed by atoms with E-state index in [9.17, 15) is 0 Å². The number of hydrogen-bond donors (Lipinski definition) is 2. The summed E-state index contributed by atoms with van der Waals surface area (Å²) in [6, 6.07) is 5.52. The van der Waals surface area contributed by atoms with Crippen molar-refractivity contribution in [2.45, 2.75) is 26.9 Å². The number of halogens is 1. The zero-order chi connectivity index (χ0) is 15.6. The van der Waals surface area contributed by atoms with Gasteiger partial charge in [0.2, 0.25) is 0 Å². The van der Waals surface area contributed by atoms with E-state index in [1.807, 2.05) is 30.8 Å². The summed E-state index contributed by atoms with van der Waals surface area (Å²) in [5.41, 5.74) is 9.19. The van der Waals surface area contributed by atoms with E-state index in [4.69, 9.17) is 15.9 Å². The summed E-state index contributed by atoms with van der Waals surface area (Å²) in [5.74, 6) is 0.767. The first-order chi connectivity index (χ1) is 9.93. The second-order valence-corrected chi connectivity index (χ2v) is 5.66. The molecule has 1 aromatic heterocycles. The third-order valence-electron chi connectivity index (χ3n) is 3.37. The van der Waals surface area contributed by atoms with E-state index in [-0.39, 0.29) is 5.84 Å². The lowest BCUT2D eigenvalue weighted by molar-refractivity contribution is 0.292. The number of amidine groups is 1. The SMILES string of the molecule is CCc1nn(C)c(COc2cc(C(=N)N)ccc2C)c1Br. The lowest BCUT2D eigenvalue weighted by Crippen LogP contribution is -2.11.